The van der Waals surface area contributed by atoms with E-state index in [2.05, 4.69) is 4.98 Å². The van der Waals surface area contributed by atoms with E-state index in [9.17, 15) is 14.7 Å². The van der Waals surface area contributed by atoms with E-state index in [1.807, 2.05) is 27.1 Å². The van der Waals surface area contributed by atoms with Gasteiger partial charge in [0.2, 0.25) is 0 Å². The van der Waals surface area contributed by atoms with Crippen LogP contribution in [-0.2, 0) is 9.59 Å². The van der Waals surface area contributed by atoms with Gasteiger partial charge in [-0.3, -0.25) is 14.6 Å². The number of quaternary nitrogens is 1. The monoisotopic (exact) mass is 410 g/mol. The normalized spacial score (nSPS) is 18.3. The maximum absolute atomic E-state index is 12.9. The van der Waals surface area contributed by atoms with Gasteiger partial charge in [0.15, 0.2) is 0 Å². The second-order valence-corrected chi connectivity index (χ2v) is 7.61. The Labute approximate surface area is 176 Å². The van der Waals surface area contributed by atoms with Crippen LogP contribution in [0.3, 0.4) is 0 Å². The summed E-state index contributed by atoms with van der Waals surface area (Å²) in [4.78, 5) is 32.5. The molecule has 0 aliphatic carbocycles. The minimum absolute atomic E-state index is 0.0870. The van der Waals surface area contributed by atoms with Crippen molar-refractivity contribution in [2.75, 3.05) is 33.8 Å². The number of aliphatic hydroxyl groups excluding tert-OH is 1. The maximum atomic E-state index is 12.9. The number of pyridine rings is 1. The molecule has 3 rings (SSSR count). The van der Waals surface area contributed by atoms with E-state index in [1.165, 1.54) is 4.90 Å². The lowest BCUT2D eigenvalue weighted by Gasteiger charge is -2.25. The molecule has 1 aromatic carbocycles. The molecule has 1 aliphatic heterocycles. The van der Waals surface area contributed by atoms with Crippen LogP contribution in [0.15, 0.2) is 54.4 Å². The van der Waals surface area contributed by atoms with Gasteiger partial charge in [-0.15, -0.1) is 0 Å². The number of carbonyl (C=O) groups is 2. The molecule has 1 aliphatic rings. The van der Waals surface area contributed by atoms with Crippen LogP contribution in [0.1, 0.15) is 30.5 Å². The predicted molar refractivity (Wildman–Crippen MR) is 113 cm³/mol. The number of likely N-dealkylation sites (N-methyl/N-ethyl adjacent to an activating group) is 1. The zero-order valence-electron chi connectivity index (χ0n) is 17.6. The van der Waals surface area contributed by atoms with Crippen molar-refractivity contribution in [1.29, 1.82) is 0 Å². The van der Waals surface area contributed by atoms with Crippen LogP contribution >= 0.6 is 0 Å². The van der Waals surface area contributed by atoms with E-state index < -0.39 is 17.7 Å². The summed E-state index contributed by atoms with van der Waals surface area (Å²) in [5.41, 5.74) is 1.24. The molecule has 2 aromatic rings. The molecule has 7 heteroatoms. The Hall–Kier alpha value is -3.19. The number of ether oxygens (including phenoxy) is 1. The molecule has 0 unspecified atom stereocenters. The Morgan fingerprint density at radius 3 is 2.53 bits per heavy atom. The lowest BCUT2D eigenvalue weighted by atomic mass is 9.96. The van der Waals surface area contributed by atoms with Gasteiger partial charge in [-0.25, -0.2) is 0 Å². The van der Waals surface area contributed by atoms with Gasteiger partial charge in [0.25, 0.3) is 11.7 Å². The number of carbonyl (C=O) groups excluding carboxylic acids is 2. The van der Waals surface area contributed by atoms with Crippen molar-refractivity contribution in [3.8, 4) is 5.75 Å². The Morgan fingerprint density at radius 1 is 1.20 bits per heavy atom. The minimum atomic E-state index is -0.679. The summed E-state index contributed by atoms with van der Waals surface area (Å²) in [5, 5.41) is 11.0. The molecule has 158 valence electrons. The zero-order valence-corrected chi connectivity index (χ0v) is 17.6. The van der Waals surface area contributed by atoms with Gasteiger partial charge in [-0.1, -0.05) is 13.0 Å². The highest BCUT2D eigenvalue weighted by molar-refractivity contribution is 6.46. The summed E-state index contributed by atoms with van der Waals surface area (Å²) in [5.74, 6) is -0.786. The fourth-order valence-electron chi connectivity index (χ4n) is 3.42. The second-order valence-electron chi connectivity index (χ2n) is 7.61. The van der Waals surface area contributed by atoms with E-state index in [0.29, 0.717) is 36.6 Å². The van der Waals surface area contributed by atoms with Gasteiger partial charge in [0.05, 0.1) is 45.4 Å². The van der Waals surface area contributed by atoms with Crippen LogP contribution < -0.4 is 9.64 Å². The maximum Gasteiger partial charge on any atom is 0.295 e. The quantitative estimate of drug-likeness (QED) is 0.391. The summed E-state index contributed by atoms with van der Waals surface area (Å²) >= 11 is 0. The van der Waals surface area contributed by atoms with Crippen molar-refractivity contribution < 1.29 is 24.3 Å². The molecule has 7 nitrogen and oxygen atoms in total. The van der Waals surface area contributed by atoms with E-state index >= 15 is 0 Å². The van der Waals surface area contributed by atoms with E-state index in [4.69, 9.17) is 4.74 Å². The van der Waals surface area contributed by atoms with Crippen LogP contribution in [0.2, 0.25) is 0 Å². The predicted octanol–water partition coefficient (Wildman–Crippen LogP) is 1.44. The van der Waals surface area contributed by atoms with Gasteiger partial charge in [0, 0.05) is 18.0 Å². The number of benzene rings is 1. The van der Waals surface area contributed by atoms with Crippen LogP contribution in [0.4, 0.5) is 0 Å². The Kier molecular flexibility index (Phi) is 6.84. The minimum Gasteiger partial charge on any atom is -0.507 e. The van der Waals surface area contributed by atoms with Crippen molar-refractivity contribution in [2.24, 2.45) is 0 Å². The number of nitrogens with one attached hydrogen (secondary N) is 1. The first kappa shape index (κ1) is 21.5. The molecule has 1 aromatic heterocycles. The second kappa shape index (κ2) is 9.54. The summed E-state index contributed by atoms with van der Waals surface area (Å²) < 4.78 is 5.58. The number of likely N-dealkylation sites (tertiary alicyclic amines) is 1. The Bertz CT molecular complexity index is 923. The Morgan fingerprint density at radius 2 is 1.93 bits per heavy atom. The van der Waals surface area contributed by atoms with Gasteiger partial charge >= 0.3 is 0 Å². The van der Waals surface area contributed by atoms with Crippen LogP contribution in [-0.4, -0.2) is 60.5 Å². The van der Waals surface area contributed by atoms with Crippen molar-refractivity contribution >= 4 is 17.4 Å². The number of aliphatic hydroxyl groups is 1. The summed E-state index contributed by atoms with van der Waals surface area (Å²) in [6.45, 7) is 3.70. The number of amides is 1. The molecule has 0 radical (unpaired) electrons. The van der Waals surface area contributed by atoms with Crippen LogP contribution in [0.5, 0.6) is 5.75 Å². The molecule has 1 fully saturated rings. The lowest BCUT2D eigenvalue weighted by Crippen LogP contribution is -3.06. The highest BCUT2D eigenvalue weighted by Gasteiger charge is 2.46. The van der Waals surface area contributed by atoms with Crippen molar-refractivity contribution in [3.05, 3.63) is 65.5 Å². The number of rotatable bonds is 8. The van der Waals surface area contributed by atoms with E-state index in [1.54, 1.807) is 42.7 Å². The molecule has 2 heterocycles. The summed E-state index contributed by atoms with van der Waals surface area (Å²) in [6.07, 6.45) is 4.15. The third-order valence-electron chi connectivity index (χ3n) is 4.99. The average Bonchev–Trinajstić information content (AvgIpc) is 3.01. The smallest absolute Gasteiger partial charge is 0.295 e. The lowest BCUT2D eigenvalue weighted by molar-refractivity contribution is -0.857. The molecule has 30 heavy (non-hydrogen) atoms. The number of Topliss-reactive ketones (excluding diaryl/α,β-unsaturated/α-hetero) is 1. The Balaban J connectivity index is 2.03. The number of nitrogens with zero attached hydrogens (tertiary/aromatic N) is 2. The van der Waals surface area contributed by atoms with Crippen LogP contribution in [0.25, 0.3) is 5.76 Å². The summed E-state index contributed by atoms with van der Waals surface area (Å²) in [6, 6.07) is 9.77. The highest BCUT2D eigenvalue weighted by Crippen LogP contribution is 2.38. The third kappa shape index (κ3) is 4.52. The molecule has 1 amide bonds. The fraction of sp³-hybridized carbons (Fsp3) is 0.348. The SMILES string of the molecule is CCCOc1ccc(/C(O)=C2\C(=O)C(=O)N(CC[NH+](C)C)[C@H]2c2cccnc2)cc1. The molecule has 0 saturated carbocycles. The first-order valence-electron chi connectivity index (χ1n) is 10.1. The number of ketones is 1. The molecule has 1 saturated heterocycles. The molecule has 0 spiro atoms. The van der Waals surface area contributed by atoms with E-state index in [0.717, 1.165) is 11.3 Å². The van der Waals surface area contributed by atoms with Gasteiger partial charge in [-0.2, -0.15) is 0 Å². The van der Waals surface area contributed by atoms with E-state index in [-0.39, 0.29) is 11.3 Å². The highest BCUT2D eigenvalue weighted by atomic mass is 16.5. The molecule has 0 bridgehead atoms. The van der Waals surface area contributed by atoms with Gasteiger partial charge < -0.3 is 19.6 Å². The summed E-state index contributed by atoms with van der Waals surface area (Å²) in [7, 11) is 3.97. The topological polar surface area (TPSA) is 84.2 Å². The number of hydrogen-bond donors (Lipinski definition) is 2. The standard InChI is InChI=1S/C23H27N3O4/c1-4-14-30-18-9-7-16(8-10-18)21(27)19-20(17-6-5-11-24-15-17)26(13-12-25(2)3)23(29)22(19)28/h5-11,15,20,27H,4,12-14H2,1-3H3/p+1/b21-19+/t20-/m0/s1. The fourth-order valence-corrected chi connectivity index (χ4v) is 3.42. The molecular weight excluding hydrogens is 382 g/mol. The zero-order chi connectivity index (χ0) is 21.7. The first-order chi connectivity index (χ1) is 14.4. The van der Waals surface area contributed by atoms with Gasteiger partial charge in [-0.05, 0) is 42.3 Å². The molecule has 2 N–H and O–H groups in total. The van der Waals surface area contributed by atoms with Crippen LogP contribution in [0, 0.1) is 0 Å². The average molecular weight is 410 g/mol. The third-order valence-corrected chi connectivity index (χ3v) is 4.99. The number of hydrogen-bond acceptors (Lipinski definition) is 5. The molecule has 1 atom stereocenters. The van der Waals surface area contributed by atoms with Crippen molar-refractivity contribution in [3.63, 3.8) is 0 Å². The largest absolute Gasteiger partial charge is 0.507 e. The van der Waals surface area contributed by atoms with Gasteiger partial charge in [0.1, 0.15) is 11.5 Å². The number of aromatic nitrogens is 1. The molecular formula is C23H28N3O4+. The van der Waals surface area contributed by atoms with Crippen molar-refractivity contribution in [1.82, 2.24) is 9.88 Å². The van der Waals surface area contributed by atoms with Crippen molar-refractivity contribution in [2.45, 2.75) is 19.4 Å². The first-order valence-corrected chi connectivity index (χ1v) is 10.1.